The molecule has 0 atom stereocenters. The van der Waals surface area contributed by atoms with E-state index in [-0.39, 0.29) is 30.6 Å². The Balaban J connectivity index is 1.52. The van der Waals surface area contributed by atoms with Gasteiger partial charge in [-0.05, 0) is 54.2 Å². The van der Waals surface area contributed by atoms with E-state index in [1.54, 1.807) is 36.5 Å². The van der Waals surface area contributed by atoms with Crippen LogP contribution in [0.1, 0.15) is 16.1 Å². The highest BCUT2D eigenvalue weighted by molar-refractivity contribution is 7.90. The van der Waals surface area contributed by atoms with Gasteiger partial charge in [0.1, 0.15) is 38.9 Å². The summed E-state index contributed by atoms with van der Waals surface area (Å²) in [4.78, 5) is 9.23. The van der Waals surface area contributed by atoms with E-state index in [2.05, 4.69) is 21.9 Å². The second-order valence-corrected chi connectivity index (χ2v) is 13.0. The first kappa shape index (κ1) is 31.1. The Labute approximate surface area is 253 Å². The fourth-order valence-corrected chi connectivity index (χ4v) is 5.49. The molecule has 0 fully saturated rings. The molecule has 13 heteroatoms. The summed E-state index contributed by atoms with van der Waals surface area (Å²) in [5.74, 6) is 6.27. The molecule has 0 aliphatic carbocycles. The van der Waals surface area contributed by atoms with Gasteiger partial charge in [-0.3, -0.25) is 5.84 Å². The van der Waals surface area contributed by atoms with Gasteiger partial charge in [0.2, 0.25) is 0 Å². The molecule has 4 rings (SSSR count). The van der Waals surface area contributed by atoms with Crippen molar-refractivity contribution in [3.8, 4) is 17.0 Å². The number of nitrogens with two attached hydrogens (primary N) is 2. The number of hydrazine groups is 1. The normalized spacial score (nSPS) is 12.0. The lowest BCUT2D eigenvalue weighted by molar-refractivity contribution is 0.291. The molecule has 220 valence electrons. The monoisotopic (exact) mass is 628 g/mol. The molecule has 0 radical (unpaired) electrons. The van der Waals surface area contributed by atoms with E-state index in [9.17, 15) is 12.8 Å². The number of sulfone groups is 1. The second-order valence-electron chi connectivity index (χ2n) is 9.37. The highest BCUT2D eigenvalue weighted by atomic mass is 35.5. The van der Waals surface area contributed by atoms with Gasteiger partial charge in [0.15, 0.2) is 0 Å². The lowest BCUT2D eigenvalue weighted by Crippen LogP contribution is -2.34. The van der Waals surface area contributed by atoms with E-state index >= 15 is 0 Å². The van der Waals surface area contributed by atoms with Crippen molar-refractivity contribution in [2.45, 2.75) is 13.2 Å². The molecule has 0 amide bonds. The summed E-state index contributed by atoms with van der Waals surface area (Å²) >= 11 is 7.86. The molecule has 1 aromatic heterocycles. The van der Waals surface area contributed by atoms with Crippen molar-refractivity contribution >= 4 is 50.0 Å². The van der Waals surface area contributed by atoms with Crippen LogP contribution in [0.15, 0.2) is 83.8 Å². The summed E-state index contributed by atoms with van der Waals surface area (Å²) in [6.45, 7) is 4.42. The number of halogens is 2. The SMILES string of the molecule is C=CNc1ccc(-c2csc(CN(N)CCS(C)(=O)=O)n2)cc1C(N)=Nc1ccc(OCc2cccc(F)c2)c(Cl)c1. The number of anilines is 1. The number of hydrogen-bond donors (Lipinski definition) is 3. The number of thiazole rings is 1. The largest absolute Gasteiger partial charge is 0.487 e. The van der Waals surface area contributed by atoms with Crippen molar-refractivity contribution in [1.82, 2.24) is 9.99 Å². The van der Waals surface area contributed by atoms with Gasteiger partial charge in [0.05, 0.1) is 28.7 Å². The fraction of sp³-hybridized carbons (Fsp3) is 0.172. The van der Waals surface area contributed by atoms with E-state index in [0.29, 0.717) is 45.5 Å². The molecular weight excluding hydrogens is 599 g/mol. The van der Waals surface area contributed by atoms with Crippen molar-refractivity contribution in [3.63, 3.8) is 0 Å². The Hall–Kier alpha value is -3.81. The highest BCUT2D eigenvalue weighted by Crippen LogP contribution is 2.31. The van der Waals surface area contributed by atoms with E-state index in [0.717, 1.165) is 10.6 Å². The molecule has 0 aliphatic rings. The summed E-state index contributed by atoms with van der Waals surface area (Å²) in [7, 11) is -3.11. The Morgan fingerprint density at radius 2 is 2.05 bits per heavy atom. The summed E-state index contributed by atoms with van der Waals surface area (Å²) in [5.41, 5.74) is 10.5. The Bertz CT molecular complexity index is 1710. The van der Waals surface area contributed by atoms with E-state index in [4.69, 9.17) is 27.9 Å². The summed E-state index contributed by atoms with van der Waals surface area (Å²) in [6, 6.07) is 16.8. The molecule has 5 N–H and O–H groups in total. The van der Waals surface area contributed by atoms with Crippen molar-refractivity contribution < 1.29 is 17.5 Å². The number of nitrogens with zero attached hydrogens (tertiary/aromatic N) is 3. The molecule has 1 heterocycles. The van der Waals surface area contributed by atoms with Gasteiger partial charge in [-0.15, -0.1) is 11.3 Å². The number of aromatic nitrogens is 1. The van der Waals surface area contributed by atoms with E-state index in [1.807, 2.05) is 23.6 Å². The maximum Gasteiger partial charge on any atom is 0.148 e. The van der Waals surface area contributed by atoms with Gasteiger partial charge in [0.25, 0.3) is 0 Å². The van der Waals surface area contributed by atoms with Gasteiger partial charge in [-0.1, -0.05) is 36.4 Å². The van der Waals surface area contributed by atoms with Crippen LogP contribution in [0.2, 0.25) is 5.02 Å². The van der Waals surface area contributed by atoms with Gasteiger partial charge >= 0.3 is 0 Å². The predicted octanol–water partition coefficient (Wildman–Crippen LogP) is 5.49. The minimum atomic E-state index is -3.11. The van der Waals surface area contributed by atoms with E-state index in [1.165, 1.54) is 34.7 Å². The number of hydrogen-bond acceptors (Lipinski definition) is 9. The summed E-state index contributed by atoms with van der Waals surface area (Å²) < 4.78 is 42.0. The number of nitrogens with one attached hydrogen (secondary N) is 1. The van der Waals surface area contributed by atoms with Gasteiger partial charge in [-0.25, -0.2) is 27.8 Å². The van der Waals surface area contributed by atoms with Crippen LogP contribution in [0.25, 0.3) is 11.3 Å². The highest BCUT2D eigenvalue weighted by Gasteiger charge is 2.14. The third kappa shape index (κ3) is 8.84. The first-order valence-electron chi connectivity index (χ1n) is 12.7. The molecular formula is C29H30ClFN6O3S2. The first-order chi connectivity index (χ1) is 20.0. The lowest BCUT2D eigenvalue weighted by Gasteiger charge is -2.13. The first-order valence-corrected chi connectivity index (χ1v) is 16.0. The summed E-state index contributed by atoms with van der Waals surface area (Å²) in [6.07, 6.45) is 2.72. The Morgan fingerprint density at radius 1 is 1.24 bits per heavy atom. The number of benzene rings is 3. The molecule has 0 spiro atoms. The third-order valence-corrected chi connectivity index (χ3v) is 7.99. The zero-order valence-corrected chi connectivity index (χ0v) is 25.1. The number of rotatable bonds is 13. The minimum absolute atomic E-state index is 0.0304. The number of aliphatic imine (C=N–C) groups is 1. The number of amidine groups is 1. The molecule has 0 unspecified atom stereocenters. The van der Waals surface area contributed by atoms with Crippen LogP contribution in [0.5, 0.6) is 5.75 Å². The van der Waals surface area contributed by atoms with Crippen molar-refractivity contribution in [3.05, 3.63) is 106 Å². The van der Waals surface area contributed by atoms with E-state index < -0.39 is 9.84 Å². The van der Waals surface area contributed by atoms with Crippen molar-refractivity contribution in [1.29, 1.82) is 0 Å². The van der Waals surface area contributed by atoms with Crippen LogP contribution >= 0.6 is 22.9 Å². The average molecular weight is 629 g/mol. The lowest BCUT2D eigenvalue weighted by atomic mass is 10.1. The van der Waals surface area contributed by atoms with Gasteiger partial charge in [-0.2, -0.15) is 0 Å². The molecule has 0 bridgehead atoms. The van der Waals surface area contributed by atoms with Crippen LogP contribution < -0.4 is 21.6 Å². The zero-order chi connectivity index (χ0) is 30.3. The van der Waals surface area contributed by atoms with Crippen LogP contribution in [0, 0.1) is 5.82 Å². The summed E-state index contributed by atoms with van der Waals surface area (Å²) in [5, 5.41) is 7.48. The van der Waals surface area contributed by atoms with Gasteiger partial charge < -0.3 is 15.8 Å². The minimum Gasteiger partial charge on any atom is -0.487 e. The number of ether oxygens (including phenoxy) is 1. The Kier molecular flexibility index (Phi) is 10.3. The van der Waals surface area contributed by atoms with Crippen molar-refractivity contribution in [2.75, 3.05) is 23.9 Å². The predicted molar refractivity (Wildman–Crippen MR) is 168 cm³/mol. The smallest absolute Gasteiger partial charge is 0.148 e. The standard InChI is InChI=1S/C29H30ClFN6O3S2/c1-3-34-25-9-7-20(26-18-41-28(36-26)16-37(33)11-12-42(2,38)39)14-23(25)29(32)35-22-8-10-27(24(30)15-22)40-17-19-5-4-6-21(31)13-19/h3-10,13-15,18,34H,1,11-12,16-17,33H2,2H3,(H2,32,35). The molecule has 0 saturated carbocycles. The van der Waals surface area contributed by atoms with Crippen LogP contribution in [-0.2, 0) is 23.0 Å². The quantitative estimate of drug-likeness (QED) is 0.0765. The second kappa shape index (κ2) is 13.9. The maximum absolute atomic E-state index is 13.4. The topological polar surface area (TPSA) is 136 Å². The maximum atomic E-state index is 13.4. The van der Waals surface area contributed by atoms with Crippen LogP contribution in [0.4, 0.5) is 15.8 Å². The zero-order valence-electron chi connectivity index (χ0n) is 22.8. The average Bonchev–Trinajstić information content (AvgIpc) is 3.40. The fourth-order valence-electron chi connectivity index (χ4n) is 3.87. The molecule has 4 aromatic rings. The molecule has 0 aliphatic heterocycles. The van der Waals surface area contributed by atoms with Gasteiger partial charge in [0, 0.05) is 35.0 Å². The van der Waals surface area contributed by atoms with Crippen LogP contribution in [-0.4, -0.2) is 42.8 Å². The Morgan fingerprint density at radius 3 is 2.76 bits per heavy atom. The molecule has 0 saturated heterocycles. The third-order valence-electron chi connectivity index (χ3n) is 5.94. The van der Waals surface area contributed by atoms with Crippen LogP contribution in [0.3, 0.4) is 0 Å². The molecule has 3 aromatic carbocycles. The van der Waals surface area contributed by atoms with Crippen molar-refractivity contribution in [2.24, 2.45) is 16.6 Å². The molecule has 9 nitrogen and oxygen atoms in total. The molecule has 42 heavy (non-hydrogen) atoms.